The second kappa shape index (κ2) is 6.87. The summed E-state index contributed by atoms with van der Waals surface area (Å²) in [5.41, 5.74) is 2.42. The van der Waals surface area contributed by atoms with Crippen molar-refractivity contribution in [1.29, 1.82) is 0 Å². The Morgan fingerprint density at radius 2 is 1.61 bits per heavy atom. The number of hydrogen-bond donors (Lipinski definition) is 1. The molecule has 0 spiro atoms. The van der Waals surface area contributed by atoms with Crippen LogP contribution in [-0.2, 0) is 13.0 Å². The fourth-order valence-electron chi connectivity index (χ4n) is 1.71. The van der Waals surface area contributed by atoms with Gasteiger partial charge in [-0.2, -0.15) is 0 Å². The van der Waals surface area contributed by atoms with Gasteiger partial charge in [0.05, 0.1) is 0 Å². The summed E-state index contributed by atoms with van der Waals surface area (Å²) >= 11 is 0. The van der Waals surface area contributed by atoms with Crippen molar-refractivity contribution in [2.45, 2.75) is 13.0 Å². The molecule has 0 aromatic heterocycles. The highest BCUT2D eigenvalue weighted by Crippen LogP contribution is 2.14. The third kappa shape index (κ3) is 3.93. The molecule has 0 atom stereocenters. The Kier molecular flexibility index (Phi) is 4.85. The molecule has 0 saturated carbocycles. The zero-order valence-electron chi connectivity index (χ0n) is 10.3. The fraction of sp³-hybridized carbons (Fsp3) is 0.200. The molecule has 3 heteroatoms. The van der Waals surface area contributed by atoms with Gasteiger partial charge in [-0.25, -0.2) is 0 Å². The van der Waals surface area contributed by atoms with Gasteiger partial charge in [-0.15, -0.1) is 0 Å². The van der Waals surface area contributed by atoms with Crippen LogP contribution < -0.4 is 9.96 Å². The number of nitrogens with one attached hydrogen (secondary N) is 1. The van der Waals surface area contributed by atoms with E-state index in [9.17, 15) is 0 Å². The molecule has 0 amide bonds. The van der Waals surface area contributed by atoms with Crippen molar-refractivity contribution in [2.24, 2.45) is 0 Å². The van der Waals surface area contributed by atoms with E-state index in [1.807, 2.05) is 30.3 Å². The third-order valence-electron chi connectivity index (χ3n) is 2.73. The molecule has 0 aliphatic heterocycles. The highest BCUT2D eigenvalue weighted by molar-refractivity contribution is 6.04. The van der Waals surface area contributed by atoms with Gasteiger partial charge in [-0.3, -0.25) is 0 Å². The average Bonchev–Trinajstić information content (AvgIpc) is 2.45. The van der Waals surface area contributed by atoms with Crippen LogP contribution in [-0.4, -0.2) is 14.5 Å². The van der Waals surface area contributed by atoms with Gasteiger partial charge in [0.1, 0.15) is 12.4 Å². The summed E-state index contributed by atoms with van der Waals surface area (Å²) in [6.45, 7) is 1.38. The first-order chi connectivity index (χ1) is 8.88. The predicted octanol–water partition coefficient (Wildman–Crippen LogP) is 2.48. The van der Waals surface area contributed by atoms with Gasteiger partial charge >= 0.3 is 0 Å². The molecule has 18 heavy (non-hydrogen) atoms. The van der Waals surface area contributed by atoms with Crippen LogP contribution in [0.1, 0.15) is 11.1 Å². The van der Waals surface area contributed by atoms with Crippen LogP contribution in [0.25, 0.3) is 0 Å². The molecule has 0 heterocycles. The van der Waals surface area contributed by atoms with Crippen molar-refractivity contribution in [3.8, 4) is 5.75 Å². The fourth-order valence-corrected chi connectivity index (χ4v) is 1.71. The van der Waals surface area contributed by atoms with Crippen LogP contribution in [0.2, 0.25) is 0 Å². The Balaban J connectivity index is 1.86. The smallest absolute Gasteiger partial charge is 0.177 e. The van der Waals surface area contributed by atoms with Crippen molar-refractivity contribution in [3.05, 3.63) is 65.7 Å². The molecule has 0 aliphatic rings. The minimum absolute atomic E-state index is 0.602. The summed E-state index contributed by atoms with van der Waals surface area (Å²) in [6, 6.07) is 18.3. The summed E-state index contributed by atoms with van der Waals surface area (Å²) in [5, 5.41) is 2.65. The second-order valence-corrected chi connectivity index (χ2v) is 4.12. The van der Waals surface area contributed by atoms with Gasteiger partial charge in [-0.1, -0.05) is 42.5 Å². The van der Waals surface area contributed by atoms with Gasteiger partial charge in [-0.05, 0) is 36.2 Å². The van der Waals surface area contributed by atoms with Crippen LogP contribution >= 0.6 is 0 Å². The van der Waals surface area contributed by atoms with Crippen LogP contribution in [0, 0.1) is 0 Å². The van der Waals surface area contributed by atoms with Gasteiger partial charge in [0.2, 0.25) is 0 Å². The standard InChI is InChI=1S/C15H16BNO/c16-17-11-10-13-6-8-15(9-7-13)18-12-14-4-2-1-3-5-14/h1-9,17H,10-12H2. The molecule has 2 aromatic rings. The molecule has 0 saturated heterocycles. The maximum atomic E-state index is 5.71. The highest BCUT2D eigenvalue weighted by atomic mass is 16.5. The van der Waals surface area contributed by atoms with Gasteiger partial charge < -0.3 is 9.96 Å². The lowest BCUT2D eigenvalue weighted by atomic mass is 10.1. The van der Waals surface area contributed by atoms with E-state index < -0.39 is 0 Å². The van der Waals surface area contributed by atoms with E-state index in [-0.39, 0.29) is 0 Å². The minimum atomic E-state index is 0.602. The first-order valence-electron chi connectivity index (χ1n) is 6.07. The maximum absolute atomic E-state index is 5.71. The SMILES string of the molecule is [B]NCCc1ccc(OCc2ccccc2)cc1. The third-order valence-corrected chi connectivity index (χ3v) is 2.73. The van der Waals surface area contributed by atoms with E-state index in [0.717, 1.165) is 18.7 Å². The van der Waals surface area contributed by atoms with E-state index in [4.69, 9.17) is 12.7 Å². The molecular formula is C15H16BNO. The molecule has 2 nitrogen and oxygen atoms in total. The number of benzene rings is 2. The van der Waals surface area contributed by atoms with E-state index in [1.165, 1.54) is 11.1 Å². The summed E-state index contributed by atoms with van der Waals surface area (Å²) in [7, 11) is 5.24. The summed E-state index contributed by atoms with van der Waals surface area (Å²) < 4.78 is 5.71. The van der Waals surface area contributed by atoms with E-state index in [1.54, 1.807) is 0 Å². The van der Waals surface area contributed by atoms with Gasteiger partial charge in [0, 0.05) is 0 Å². The Morgan fingerprint density at radius 1 is 0.889 bits per heavy atom. The first-order valence-corrected chi connectivity index (χ1v) is 6.07. The molecule has 2 aromatic carbocycles. The van der Waals surface area contributed by atoms with E-state index in [0.29, 0.717) is 6.61 Å². The molecule has 0 unspecified atom stereocenters. The molecule has 90 valence electrons. The van der Waals surface area contributed by atoms with Crippen LogP contribution in [0.5, 0.6) is 5.75 Å². The van der Waals surface area contributed by atoms with Crippen LogP contribution in [0.15, 0.2) is 54.6 Å². The Hall–Kier alpha value is -1.74. The Bertz CT molecular complexity index is 456. The van der Waals surface area contributed by atoms with E-state index >= 15 is 0 Å². The maximum Gasteiger partial charge on any atom is 0.177 e. The summed E-state index contributed by atoms with van der Waals surface area (Å²) in [4.78, 5) is 0. The van der Waals surface area contributed by atoms with Crippen molar-refractivity contribution in [1.82, 2.24) is 5.23 Å². The Labute approximate surface area is 109 Å². The lowest BCUT2D eigenvalue weighted by Gasteiger charge is -2.07. The largest absolute Gasteiger partial charge is 0.489 e. The van der Waals surface area contributed by atoms with Crippen molar-refractivity contribution in [2.75, 3.05) is 6.54 Å². The topological polar surface area (TPSA) is 21.3 Å². The average molecular weight is 237 g/mol. The molecule has 1 N–H and O–H groups in total. The van der Waals surface area contributed by atoms with Crippen LogP contribution in [0.4, 0.5) is 0 Å². The lowest BCUT2D eigenvalue weighted by Crippen LogP contribution is -2.12. The minimum Gasteiger partial charge on any atom is -0.489 e. The predicted molar refractivity (Wildman–Crippen MR) is 74.7 cm³/mol. The normalized spacial score (nSPS) is 10.2. The van der Waals surface area contributed by atoms with Gasteiger partial charge in [0.15, 0.2) is 7.98 Å². The summed E-state index contributed by atoms with van der Waals surface area (Å²) in [6.07, 6.45) is 0.926. The Morgan fingerprint density at radius 3 is 2.28 bits per heavy atom. The lowest BCUT2D eigenvalue weighted by molar-refractivity contribution is 0.306. The quantitative estimate of drug-likeness (QED) is 0.779. The van der Waals surface area contributed by atoms with Crippen LogP contribution in [0.3, 0.4) is 0 Å². The molecule has 0 fully saturated rings. The molecular weight excluding hydrogens is 221 g/mol. The summed E-state index contributed by atoms with van der Waals surface area (Å²) in [5.74, 6) is 0.892. The van der Waals surface area contributed by atoms with Crippen molar-refractivity contribution in [3.63, 3.8) is 0 Å². The van der Waals surface area contributed by atoms with Crippen molar-refractivity contribution >= 4 is 7.98 Å². The monoisotopic (exact) mass is 237 g/mol. The van der Waals surface area contributed by atoms with Crippen molar-refractivity contribution < 1.29 is 4.74 Å². The van der Waals surface area contributed by atoms with Gasteiger partial charge in [0.25, 0.3) is 0 Å². The molecule has 2 radical (unpaired) electrons. The van der Waals surface area contributed by atoms with E-state index in [2.05, 4.69) is 29.5 Å². The number of hydrogen-bond acceptors (Lipinski definition) is 2. The number of ether oxygens (including phenoxy) is 1. The zero-order chi connectivity index (χ0) is 12.6. The molecule has 0 bridgehead atoms. The number of rotatable bonds is 6. The molecule has 2 rings (SSSR count). The zero-order valence-corrected chi connectivity index (χ0v) is 10.3. The molecule has 0 aliphatic carbocycles. The second-order valence-electron chi connectivity index (χ2n) is 4.12. The highest BCUT2D eigenvalue weighted by Gasteiger charge is 1.96. The first kappa shape index (κ1) is 12.7.